The van der Waals surface area contributed by atoms with E-state index in [9.17, 15) is 4.79 Å². The SMILES string of the molecule is O=C(Nc1nccs1)c1nc(-c2cnccn2)no1. The maximum atomic E-state index is 11.8. The van der Waals surface area contributed by atoms with Crippen molar-refractivity contribution in [2.24, 2.45) is 0 Å². The van der Waals surface area contributed by atoms with Crippen molar-refractivity contribution in [1.82, 2.24) is 25.1 Å². The fourth-order valence-corrected chi connectivity index (χ4v) is 1.79. The third kappa shape index (κ3) is 2.45. The van der Waals surface area contributed by atoms with Crippen molar-refractivity contribution in [3.63, 3.8) is 0 Å². The Bertz CT molecular complexity index is 681. The first-order valence-electron chi connectivity index (χ1n) is 5.14. The van der Waals surface area contributed by atoms with Gasteiger partial charge in [-0.05, 0) is 0 Å². The number of thiazole rings is 1. The highest BCUT2D eigenvalue weighted by molar-refractivity contribution is 7.13. The van der Waals surface area contributed by atoms with Gasteiger partial charge >= 0.3 is 11.8 Å². The maximum absolute atomic E-state index is 11.8. The van der Waals surface area contributed by atoms with Gasteiger partial charge in [0.2, 0.25) is 5.82 Å². The summed E-state index contributed by atoms with van der Waals surface area (Å²) < 4.78 is 4.87. The van der Waals surface area contributed by atoms with Gasteiger partial charge in [0.1, 0.15) is 5.69 Å². The molecule has 19 heavy (non-hydrogen) atoms. The van der Waals surface area contributed by atoms with Gasteiger partial charge in [-0.1, -0.05) is 5.16 Å². The van der Waals surface area contributed by atoms with Crippen molar-refractivity contribution in [3.05, 3.63) is 36.1 Å². The predicted molar refractivity (Wildman–Crippen MR) is 65.4 cm³/mol. The van der Waals surface area contributed by atoms with Crippen LogP contribution in [0.3, 0.4) is 0 Å². The Morgan fingerprint density at radius 3 is 2.95 bits per heavy atom. The van der Waals surface area contributed by atoms with Crippen LogP contribution < -0.4 is 5.32 Å². The van der Waals surface area contributed by atoms with Gasteiger partial charge in [-0.15, -0.1) is 11.3 Å². The van der Waals surface area contributed by atoms with Crippen LogP contribution >= 0.6 is 11.3 Å². The van der Waals surface area contributed by atoms with E-state index in [0.29, 0.717) is 10.8 Å². The smallest absolute Gasteiger partial charge is 0.316 e. The Hall–Kier alpha value is -2.68. The molecule has 0 aromatic carbocycles. The number of amides is 1. The number of hydrogen-bond donors (Lipinski definition) is 1. The predicted octanol–water partition coefficient (Wildman–Crippen LogP) is 1.24. The molecule has 8 nitrogen and oxygen atoms in total. The second-order valence-corrected chi connectivity index (χ2v) is 4.20. The van der Waals surface area contributed by atoms with E-state index in [1.165, 1.54) is 29.9 Å². The summed E-state index contributed by atoms with van der Waals surface area (Å²) in [6.45, 7) is 0. The van der Waals surface area contributed by atoms with Crippen molar-refractivity contribution in [1.29, 1.82) is 0 Å². The van der Waals surface area contributed by atoms with Crippen molar-refractivity contribution in [2.75, 3.05) is 5.32 Å². The second kappa shape index (κ2) is 4.90. The van der Waals surface area contributed by atoms with Crippen LogP contribution in [0.5, 0.6) is 0 Å². The summed E-state index contributed by atoms with van der Waals surface area (Å²) in [6, 6.07) is 0. The number of rotatable bonds is 3. The van der Waals surface area contributed by atoms with Crippen molar-refractivity contribution in [2.45, 2.75) is 0 Å². The van der Waals surface area contributed by atoms with Crippen LogP contribution in [0.2, 0.25) is 0 Å². The maximum Gasteiger partial charge on any atom is 0.316 e. The number of nitrogens with one attached hydrogen (secondary N) is 1. The molecule has 0 atom stereocenters. The van der Waals surface area contributed by atoms with Gasteiger partial charge in [-0.3, -0.25) is 15.1 Å². The zero-order chi connectivity index (χ0) is 13.1. The van der Waals surface area contributed by atoms with Gasteiger partial charge in [-0.25, -0.2) is 9.97 Å². The minimum Gasteiger partial charge on any atom is -0.328 e. The van der Waals surface area contributed by atoms with Crippen LogP contribution in [0.25, 0.3) is 11.5 Å². The highest BCUT2D eigenvalue weighted by atomic mass is 32.1. The van der Waals surface area contributed by atoms with Gasteiger partial charge < -0.3 is 4.52 Å². The van der Waals surface area contributed by atoms with E-state index in [1.54, 1.807) is 11.6 Å². The largest absolute Gasteiger partial charge is 0.328 e. The molecule has 0 aliphatic carbocycles. The average Bonchev–Trinajstić information content (AvgIpc) is 3.10. The summed E-state index contributed by atoms with van der Waals surface area (Å²) in [6.07, 6.45) is 6.09. The molecule has 1 N–H and O–H groups in total. The second-order valence-electron chi connectivity index (χ2n) is 3.31. The van der Waals surface area contributed by atoms with E-state index in [2.05, 4.69) is 30.4 Å². The van der Waals surface area contributed by atoms with Crippen LogP contribution in [0.4, 0.5) is 5.13 Å². The van der Waals surface area contributed by atoms with Gasteiger partial charge in [0.25, 0.3) is 0 Å². The molecule has 3 rings (SSSR count). The number of anilines is 1. The minimum absolute atomic E-state index is 0.157. The molecule has 3 aromatic rings. The van der Waals surface area contributed by atoms with Crippen molar-refractivity contribution >= 4 is 22.4 Å². The zero-order valence-corrected chi connectivity index (χ0v) is 10.2. The molecule has 0 unspecified atom stereocenters. The summed E-state index contributed by atoms with van der Waals surface area (Å²) >= 11 is 1.29. The molecule has 0 bridgehead atoms. The zero-order valence-electron chi connectivity index (χ0n) is 9.35. The molecule has 0 radical (unpaired) electrons. The minimum atomic E-state index is -0.516. The third-order valence-electron chi connectivity index (χ3n) is 2.07. The quantitative estimate of drug-likeness (QED) is 0.765. The molecule has 9 heteroatoms. The Morgan fingerprint density at radius 2 is 2.21 bits per heavy atom. The van der Waals surface area contributed by atoms with Gasteiger partial charge in [-0.2, -0.15) is 4.98 Å². The van der Waals surface area contributed by atoms with Gasteiger partial charge in [0.05, 0.1) is 6.20 Å². The molecule has 0 saturated carbocycles. The monoisotopic (exact) mass is 274 g/mol. The van der Waals surface area contributed by atoms with E-state index in [-0.39, 0.29) is 11.7 Å². The lowest BCUT2D eigenvalue weighted by atomic mass is 10.4. The lowest BCUT2D eigenvalue weighted by Gasteiger charge is -1.94. The topological polar surface area (TPSA) is 107 Å². The number of hydrogen-bond acceptors (Lipinski definition) is 8. The molecule has 0 aliphatic rings. The van der Waals surface area contributed by atoms with Crippen LogP contribution in [-0.2, 0) is 0 Å². The lowest BCUT2D eigenvalue weighted by molar-refractivity contribution is 0.0981. The fourth-order valence-electron chi connectivity index (χ4n) is 1.27. The van der Waals surface area contributed by atoms with E-state index >= 15 is 0 Å². The molecule has 3 aromatic heterocycles. The summed E-state index contributed by atoms with van der Waals surface area (Å²) in [4.78, 5) is 27.5. The first kappa shape index (κ1) is 11.4. The fraction of sp³-hybridized carbons (Fsp3) is 0. The Labute approximate surface area is 110 Å². The van der Waals surface area contributed by atoms with Crippen LogP contribution in [0.15, 0.2) is 34.7 Å². The summed E-state index contributed by atoms with van der Waals surface area (Å²) in [5, 5.41) is 8.42. The van der Waals surface area contributed by atoms with Crippen LogP contribution in [0, 0.1) is 0 Å². The number of carbonyl (C=O) groups is 1. The number of aromatic nitrogens is 5. The molecular formula is C10H6N6O2S. The average molecular weight is 274 g/mol. The third-order valence-corrected chi connectivity index (χ3v) is 2.75. The van der Waals surface area contributed by atoms with E-state index in [0.717, 1.165) is 0 Å². The Kier molecular flexibility index (Phi) is 2.94. The molecular weight excluding hydrogens is 268 g/mol. The molecule has 1 amide bonds. The van der Waals surface area contributed by atoms with Gasteiger partial charge in [0.15, 0.2) is 5.13 Å². The summed E-state index contributed by atoms with van der Waals surface area (Å²) in [7, 11) is 0. The Morgan fingerprint density at radius 1 is 1.26 bits per heavy atom. The standard InChI is InChI=1S/C10H6N6O2S/c17-8(15-10-13-3-4-19-10)9-14-7(16-18-9)6-5-11-1-2-12-6/h1-5H,(H,13,15,17). The summed E-state index contributed by atoms with van der Waals surface area (Å²) in [5.41, 5.74) is 0.430. The summed E-state index contributed by atoms with van der Waals surface area (Å²) in [5.74, 6) is -0.467. The van der Waals surface area contributed by atoms with Crippen molar-refractivity contribution < 1.29 is 9.32 Å². The number of carbonyl (C=O) groups excluding carboxylic acids is 1. The van der Waals surface area contributed by atoms with E-state index in [1.807, 2.05) is 0 Å². The highest BCUT2D eigenvalue weighted by Gasteiger charge is 2.17. The molecule has 0 spiro atoms. The lowest BCUT2D eigenvalue weighted by Crippen LogP contribution is -2.11. The molecule has 0 saturated heterocycles. The molecule has 94 valence electrons. The highest BCUT2D eigenvalue weighted by Crippen LogP contribution is 2.14. The normalized spacial score (nSPS) is 10.3. The van der Waals surface area contributed by atoms with Crippen LogP contribution in [-0.4, -0.2) is 31.0 Å². The first-order valence-corrected chi connectivity index (χ1v) is 6.02. The number of nitrogens with zero attached hydrogens (tertiary/aromatic N) is 5. The molecule has 0 fully saturated rings. The van der Waals surface area contributed by atoms with Crippen molar-refractivity contribution in [3.8, 4) is 11.5 Å². The molecule has 0 aliphatic heterocycles. The first-order chi connectivity index (χ1) is 9.33. The van der Waals surface area contributed by atoms with Gasteiger partial charge in [0, 0.05) is 24.0 Å². The Balaban J connectivity index is 1.80. The van der Waals surface area contributed by atoms with E-state index < -0.39 is 5.91 Å². The molecule has 3 heterocycles. The van der Waals surface area contributed by atoms with Crippen LogP contribution in [0.1, 0.15) is 10.7 Å². The van der Waals surface area contributed by atoms with E-state index in [4.69, 9.17) is 4.52 Å².